The molecule has 2 N–H and O–H groups in total. The number of nitrogens with one attached hydrogen (secondary N) is 1. The molecule has 4 aliphatic rings. The van der Waals surface area contributed by atoms with Crippen LogP contribution < -0.4 is 20.0 Å². The lowest BCUT2D eigenvalue weighted by atomic mass is 9.49. The molecule has 6 atom stereocenters. The zero-order chi connectivity index (χ0) is 44.5. The zero-order valence-electron chi connectivity index (χ0n) is 33.4. The van der Waals surface area contributed by atoms with E-state index in [4.69, 9.17) is 27.9 Å². The molecule has 16 nitrogen and oxygen atoms in total. The largest absolute Gasteiger partial charge is 0.507 e. The molecule has 18 heteroatoms. The van der Waals surface area contributed by atoms with Crippen LogP contribution in [0.25, 0.3) is 0 Å². The molecular weight excluding hydrogens is 843 g/mol. The fourth-order valence-corrected chi connectivity index (χ4v) is 10.5. The summed E-state index contributed by atoms with van der Waals surface area (Å²) in [6.07, 6.45) is 3.47. The van der Waals surface area contributed by atoms with Gasteiger partial charge in [-0.1, -0.05) is 71.3 Å². The molecule has 4 aromatic carbocycles. The van der Waals surface area contributed by atoms with Gasteiger partial charge in [-0.05, 0) is 66.6 Å². The van der Waals surface area contributed by atoms with Crippen LogP contribution in [-0.2, 0) is 31.0 Å². The van der Waals surface area contributed by atoms with Gasteiger partial charge in [0, 0.05) is 42.7 Å². The summed E-state index contributed by atoms with van der Waals surface area (Å²) in [5.41, 5.74) is 0.984. The number of carbonyl (C=O) groups is 4. The molecule has 4 amide bonds. The van der Waals surface area contributed by atoms with Crippen LogP contribution in [0.5, 0.6) is 11.5 Å². The first-order valence-corrected chi connectivity index (χ1v) is 20.2. The predicted octanol–water partition coefficient (Wildman–Crippen LogP) is 7.51. The van der Waals surface area contributed by atoms with Crippen LogP contribution in [-0.4, -0.2) is 64.8 Å². The Morgan fingerprint density at radius 3 is 2.23 bits per heavy atom. The topological polar surface area (TPSA) is 206 Å². The third kappa shape index (κ3) is 6.26. The van der Waals surface area contributed by atoms with Gasteiger partial charge < -0.3 is 14.7 Å². The van der Waals surface area contributed by atoms with Gasteiger partial charge in [0.05, 0.1) is 56.5 Å². The number of phenols is 1. The number of para-hydroxylation sites is 1. The molecule has 2 saturated heterocycles. The second-order valence-electron chi connectivity index (χ2n) is 15.8. The summed E-state index contributed by atoms with van der Waals surface area (Å²) in [4.78, 5) is 85.0. The van der Waals surface area contributed by atoms with Crippen molar-refractivity contribution in [2.24, 2.45) is 23.7 Å². The Bertz CT molecular complexity index is 2640. The van der Waals surface area contributed by atoms with Crippen LogP contribution in [0.3, 0.4) is 0 Å². The highest BCUT2D eigenvalue weighted by Gasteiger charge is 2.71. The number of phenolic OH excluding ortho intramolecular Hbond substituents is 1. The number of benzene rings is 4. The summed E-state index contributed by atoms with van der Waals surface area (Å²) in [5, 5.41) is 38.0. The Labute approximate surface area is 364 Å². The Morgan fingerprint density at radius 1 is 0.952 bits per heavy atom. The molecule has 6 unspecified atom stereocenters. The number of carbonyl (C=O) groups excluding carboxylic acids is 4. The molecule has 0 spiro atoms. The maximum absolute atomic E-state index is 15.6. The van der Waals surface area contributed by atoms with Crippen molar-refractivity contribution in [1.82, 2.24) is 5.01 Å². The van der Waals surface area contributed by atoms with E-state index >= 15 is 9.59 Å². The van der Waals surface area contributed by atoms with E-state index in [1.165, 1.54) is 44.3 Å². The number of nitrogens with zero attached hydrogens (tertiary/aromatic N) is 5. The Balaban J connectivity index is 1.34. The maximum atomic E-state index is 15.6. The van der Waals surface area contributed by atoms with Gasteiger partial charge in [-0.25, -0.2) is 4.90 Å². The first kappa shape index (κ1) is 41.9. The third-order valence-corrected chi connectivity index (χ3v) is 13.1. The number of anilines is 3. The molecule has 8 rings (SSSR count). The highest BCUT2D eigenvalue weighted by molar-refractivity contribution is 6.36. The summed E-state index contributed by atoms with van der Waals surface area (Å²) >= 11 is 12.7. The van der Waals surface area contributed by atoms with Crippen LogP contribution in [0.1, 0.15) is 35.4 Å². The number of amides is 4. The average molecular weight is 882 g/mol. The van der Waals surface area contributed by atoms with Gasteiger partial charge >= 0.3 is 11.4 Å². The van der Waals surface area contributed by atoms with Crippen molar-refractivity contribution in [1.29, 1.82) is 0 Å². The smallest absolute Gasteiger partial charge is 0.301 e. The van der Waals surface area contributed by atoms with E-state index in [0.717, 1.165) is 22.0 Å². The number of fused-ring (bicyclic) bond motifs is 4. The molecule has 3 fully saturated rings. The summed E-state index contributed by atoms with van der Waals surface area (Å²) in [5.74, 6) is -8.01. The monoisotopic (exact) mass is 880 g/mol. The number of aromatic hydroxyl groups is 1. The van der Waals surface area contributed by atoms with E-state index < -0.39 is 79.9 Å². The van der Waals surface area contributed by atoms with E-state index in [1.54, 1.807) is 54.6 Å². The number of imide groups is 2. The normalized spacial score (nSPS) is 24.0. The van der Waals surface area contributed by atoms with Crippen LogP contribution in [0.15, 0.2) is 97.1 Å². The van der Waals surface area contributed by atoms with Crippen molar-refractivity contribution >= 4 is 75.3 Å². The van der Waals surface area contributed by atoms with E-state index in [2.05, 4.69) is 12.0 Å². The number of halogens is 2. The summed E-state index contributed by atoms with van der Waals surface area (Å²) in [7, 11) is 4.28. The fraction of sp³-hybridized carbons (Fsp3) is 0.273. The van der Waals surface area contributed by atoms with Crippen LogP contribution >= 0.6 is 23.2 Å². The lowest BCUT2D eigenvalue weighted by Gasteiger charge is -2.50. The molecule has 0 radical (unpaired) electrons. The molecule has 318 valence electrons. The van der Waals surface area contributed by atoms with E-state index in [1.807, 2.05) is 0 Å². The molecule has 0 aromatic heterocycles. The van der Waals surface area contributed by atoms with Gasteiger partial charge in [0.25, 0.3) is 11.8 Å². The lowest BCUT2D eigenvalue weighted by Crippen LogP contribution is -2.53. The fourth-order valence-electron chi connectivity index (χ4n) is 10.1. The number of methoxy groups -OCH3 is 1. The van der Waals surface area contributed by atoms with E-state index in [9.17, 15) is 34.9 Å². The highest BCUT2D eigenvalue weighted by Crippen LogP contribution is 2.65. The van der Waals surface area contributed by atoms with Gasteiger partial charge in [0.15, 0.2) is 5.69 Å². The number of nitro benzene ring substituents is 2. The molecule has 2 heterocycles. The average Bonchev–Trinajstić information content (AvgIpc) is 3.62. The van der Waals surface area contributed by atoms with Gasteiger partial charge in [-0.15, -0.1) is 6.58 Å². The third-order valence-electron chi connectivity index (χ3n) is 12.6. The minimum absolute atomic E-state index is 0.0327. The predicted molar refractivity (Wildman–Crippen MR) is 229 cm³/mol. The number of nitro groups is 2. The van der Waals surface area contributed by atoms with Gasteiger partial charge in [0.2, 0.25) is 11.8 Å². The lowest BCUT2D eigenvalue weighted by molar-refractivity contribution is -0.392. The summed E-state index contributed by atoms with van der Waals surface area (Å²) < 4.78 is 5.46. The zero-order valence-corrected chi connectivity index (χ0v) is 34.9. The molecule has 62 heavy (non-hydrogen) atoms. The van der Waals surface area contributed by atoms with Crippen LogP contribution in [0.2, 0.25) is 10.0 Å². The van der Waals surface area contributed by atoms with Crippen molar-refractivity contribution in [3.05, 3.63) is 144 Å². The Morgan fingerprint density at radius 2 is 1.63 bits per heavy atom. The van der Waals surface area contributed by atoms with Crippen LogP contribution in [0.4, 0.5) is 28.4 Å². The number of allylic oxidation sites excluding steroid dienone is 3. The first-order valence-electron chi connectivity index (χ1n) is 19.4. The Kier molecular flexibility index (Phi) is 10.6. The van der Waals surface area contributed by atoms with Crippen molar-refractivity contribution in [3.63, 3.8) is 0 Å². The molecule has 4 aromatic rings. The summed E-state index contributed by atoms with van der Waals surface area (Å²) in [6, 6.07) is 18.2. The second-order valence-corrected chi connectivity index (χ2v) is 16.7. The van der Waals surface area contributed by atoms with Gasteiger partial charge in [0.1, 0.15) is 11.5 Å². The standard InChI is InChI=1S/C44H38Cl2N6O10/c1-5-7-22-8-6-9-29(39(22)53)37-27-15-16-28-36(42(56)49(40(28)54)25-19-34(51(58)59)38(48(2)3)35(20-25)52(60)61)30(27)21-31-41(55)50(47-33-17-12-24(45)18-32(33)46)43(57)44(31,37)23-10-13-26(62-4)14-11-23/h5-6,8-15,17-20,28,30-31,36-37,47,53H,1,7,16,21H2,2-4H3. The second kappa shape index (κ2) is 15.6. The number of hydrazine groups is 1. The number of ether oxygens (including phenoxy) is 1. The summed E-state index contributed by atoms with van der Waals surface area (Å²) in [6.45, 7) is 3.83. The SMILES string of the molecule is C=CCc1cccc(C2C3=CCC4C(=O)N(c5cc([N+](=O)[O-])c(N(C)C)c([N+](=O)[O-])c5)C(=O)C4C3CC3C(=O)N(Nc4ccc(Cl)cc4Cl)C(=O)C32c2ccc(OC)cc2)c1O. The molecule has 2 aliphatic carbocycles. The quantitative estimate of drug-likeness (QED) is 0.0650. The number of hydrogen-bond donors (Lipinski definition) is 2. The first-order chi connectivity index (χ1) is 29.6. The Hall–Kier alpha value is -6.78. The van der Waals surface area contributed by atoms with Crippen molar-refractivity contribution in [2.75, 3.05) is 36.4 Å². The van der Waals surface area contributed by atoms with E-state index in [0.29, 0.717) is 27.5 Å². The number of rotatable bonds is 11. The van der Waals surface area contributed by atoms with Crippen molar-refractivity contribution in [2.45, 2.75) is 30.6 Å². The number of hydrogen-bond acceptors (Lipinski definition) is 12. The minimum atomic E-state index is -1.77. The molecule has 0 bridgehead atoms. The van der Waals surface area contributed by atoms with Gasteiger partial charge in [-0.2, -0.15) is 5.01 Å². The van der Waals surface area contributed by atoms with Gasteiger partial charge in [-0.3, -0.25) is 44.8 Å². The molecular formula is C44H38Cl2N6O10. The molecule has 1 saturated carbocycles. The highest BCUT2D eigenvalue weighted by atomic mass is 35.5. The maximum Gasteiger partial charge on any atom is 0.301 e. The van der Waals surface area contributed by atoms with Crippen LogP contribution in [0, 0.1) is 43.9 Å². The minimum Gasteiger partial charge on any atom is -0.507 e. The molecule has 2 aliphatic heterocycles. The van der Waals surface area contributed by atoms with Crippen molar-refractivity contribution < 1.29 is 38.9 Å². The van der Waals surface area contributed by atoms with E-state index in [-0.39, 0.29) is 52.7 Å². The van der Waals surface area contributed by atoms with Crippen molar-refractivity contribution in [3.8, 4) is 11.5 Å².